The SMILES string of the molecule is Cc1ccc2c(c1)C(c1ccc(ON=[N+]=[N-])cc1)(c1ccc3c(c1)CC3)c1cc(C)ccc1-2. The van der Waals surface area contributed by atoms with Crippen LogP contribution in [-0.4, -0.2) is 0 Å². The van der Waals surface area contributed by atoms with Crippen LogP contribution < -0.4 is 4.84 Å². The Balaban J connectivity index is 1.70. The highest BCUT2D eigenvalue weighted by molar-refractivity contribution is 5.87. The Morgan fingerprint density at radius 2 is 1.33 bits per heavy atom. The Bertz CT molecular complexity index is 1410. The molecule has 0 unspecified atom stereocenters. The second-order valence-corrected chi connectivity index (χ2v) is 9.12. The molecule has 4 aromatic carbocycles. The van der Waals surface area contributed by atoms with Crippen LogP contribution in [0.3, 0.4) is 0 Å². The lowest BCUT2D eigenvalue weighted by Gasteiger charge is -2.35. The molecule has 0 bridgehead atoms. The number of azide groups is 1. The van der Waals surface area contributed by atoms with Crippen molar-refractivity contribution in [2.75, 3.05) is 0 Å². The van der Waals surface area contributed by atoms with Crippen LogP contribution in [0.4, 0.5) is 0 Å². The van der Waals surface area contributed by atoms with Crippen LogP contribution in [0.2, 0.25) is 0 Å². The average molecular weight is 430 g/mol. The fourth-order valence-electron chi connectivity index (χ4n) is 5.60. The van der Waals surface area contributed by atoms with E-state index in [2.05, 4.69) is 90.8 Å². The summed E-state index contributed by atoms with van der Waals surface area (Å²) in [5, 5.41) is 3.25. The highest BCUT2D eigenvalue weighted by atomic mass is 16.6. The fourth-order valence-corrected chi connectivity index (χ4v) is 5.60. The first-order valence-corrected chi connectivity index (χ1v) is 11.3. The van der Waals surface area contributed by atoms with Gasteiger partial charge in [0.05, 0.1) is 5.41 Å². The predicted molar refractivity (Wildman–Crippen MR) is 130 cm³/mol. The quantitative estimate of drug-likeness (QED) is 0.127. The Hall–Kier alpha value is -4.01. The first-order valence-electron chi connectivity index (χ1n) is 11.3. The number of rotatable bonds is 4. The maximum absolute atomic E-state index is 8.60. The van der Waals surface area contributed by atoms with Crippen LogP contribution in [0.5, 0.6) is 5.75 Å². The van der Waals surface area contributed by atoms with Crippen molar-refractivity contribution in [2.45, 2.75) is 32.1 Å². The smallest absolute Gasteiger partial charge is 0.136 e. The lowest BCUT2D eigenvalue weighted by Crippen LogP contribution is -2.29. The molecule has 4 nitrogen and oxygen atoms in total. The zero-order valence-corrected chi connectivity index (χ0v) is 18.7. The fraction of sp³-hybridized carbons (Fsp3) is 0.172. The van der Waals surface area contributed by atoms with Gasteiger partial charge in [0.15, 0.2) is 0 Å². The summed E-state index contributed by atoms with van der Waals surface area (Å²) in [4.78, 5) is 7.84. The molecule has 0 heterocycles. The van der Waals surface area contributed by atoms with Crippen molar-refractivity contribution in [3.63, 3.8) is 0 Å². The van der Waals surface area contributed by atoms with Crippen molar-refractivity contribution < 1.29 is 4.84 Å². The molecule has 0 amide bonds. The molecule has 0 saturated carbocycles. The van der Waals surface area contributed by atoms with E-state index in [4.69, 9.17) is 10.4 Å². The van der Waals surface area contributed by atoms with E-state index >= 15 is 0 Å². The minimum Gasteiger partial charge on any atom is -0.394 e. The third-order valence-corrected chi connectivity index (χ3v) is 7.22. The Morgan fingerprint density at radius 3 is 1.88 bits per heavy atom. The van der Waals surface area contributed by atoms with E-state index in [1.54, 1.807) is 0 Å². The van der Waals surface area contributed by atoms with Gasteiger partial charge < -0.3 is 4.84 Å². The molecule has 0 aromatic heterocycles. The molecule has 160 valence electrons. The molecule has 2 aliphatic carbocycles. The molecular weight excluding hydrogens is 406 g/mol. The number of benzene rings is 4. The third kappa shape index (κ3) is 2.81. The molecule has 0 aliphatic heterocycles. The first-order chi connectivity index (χ1) is 16.1. The van der Waals surface area contributed by atoms with E-state index in [-0.39, 0.29) is 0 Å². The number of hydrogen-bond acceptors (Lipinski definition) is 2. The lowest BCUT2D eigenvalue weighted by atomic mass is 9.66. The van der Waals surface area contributed by atoms with Crippen LogP contribution >= 0.6 is 0 Å². The van der Waals surface area contributed by atoms with Crippen LogP contribution in [-0.2, 0) is 18.3 Å². The Labute approximate surface area is 193 Å². The monoisotopic (exact) mass is 429 g/mol. The third-order valence-electron chi connectivity index (χ3n) is 7.22. The van der Waals surface area contributed by atoms with Crippen LogP contribution in [0.25, 0.3) is 21.6 Å². The van der Waals surface area contributed by atoms with Crippen molar-refractivity contribution in [2.24, 2.45) is 5.28 Å². The molecule has 0 saturated heterocycles. The van der Waals surface area contributed by atoms with Crippen LogP contribution in [0.15, 0.2) is 84.1 Å². The van der Waals surface area contributed by atoms with Crippen LogP contribution in [0.1, 0.15) is 44.5 Å². The van der Waals surface area contributed by atoms with Crippen LogP contribution in [0, 0.1) is 13.8 Å². The van der Waals surface area contributed by atoms with E-state index in [1.165, 1.54) is 62.1 Å². The van der Waals surface area contributed by atoms with Gasteiger partial charge in [0.2, 0.25) is 0 Å². The summed E-state index contributed by atoms with van der Waals surface area (Å²) in [7, 11) is 0. The summed E-state index contributed by atoms with van der Waals surface area (Å²) in [6.07, 6.45) is 2.30. The maximum atomic E-state index is 8.60. The molecule has 0 atom stereocenters. The topological polar surface area (TPSA) is 58.0 Å². The van der Waals surface area contributed by atoms with Gasteiger partial charge in [-0.15, -0.1) is 0 Å². The van der Waals surface area contributed by atoms with E-state index in [0.29, 0.717) is 5.75 Å². The standard InChI is InChI=1S/C29H23N3O/c1-18-3-13-25-26-14-4-19(2)16-28(26)29(27(25)15-18,23-8-7-20-5-6-21(20)17-23)22-9-11-24(12-10-22)33-32-31-30/h3-4,7-17H,5-6H2,1-2H3. The van der Waals surface area contributed by atoms with Crippen molar-refractivity contribution in [1.29, 1.82) is 0 Å². The van der Waals surface area contributed by atoms with Gasteiger partial charge in [-0.3, -0.25) is 0 Å². The van der Waals surface area contributed by atoms with Gasteiger partial charge in [0.25, 0.3) is 0 Å². The second-order valence-electron chi connectivity index (χ2n) is 9.12. The zero-order chi connectivity index (χ0) is 22.6. The summed E-state index contributed by atoms with van der Waals surface area (Å²) >= 11 is 0. The molecule has 4 aromatic rings. The van der Waals surface area contributed by atoms with Gasteiger partial charge in [-0.25, -0.2) is 0 Å². The van der Waals surface area contributed by atoms with Gasteiger partial charge in [-0.05, 0) is 88.9 Å². The normalized spacial score (nSPS) is 14.4. The van der Waals surface area contributed by atoms with E-state index < -0.39 is 5.41 Å². The van der Waals surface area contributed by atoms with Crippen molar-refractivity contribution in [3.8, 4) is 16.9 Å². The highest BCUT2D eigenvalue weighted by Crippen LogP contribution is 2.57. The van der Waals surface area contributed by atoms with E-state index in [0.717, 1.165) is 6.42 Å². The molecule has 0 N–H and O–H groups in total. The number of aryl methyl sites for hydroxylation is 4. The number of fused-ring (bicyclic) bond motifs is 4. The second kappa shape index (κ2) is 7.26. The summed E-state index contributed by atoms with van der Waals surface area (Å²) in [6.45, 7) is 4.32. The molecule has 2 aliphatic rings. The van der Waals surface area contributed by atoms with Gasteiger partial charge in [0, 0.05) is 4.91 Å². The Morgan fingerprint density at radius 1 is 0.727 bits per heavy atom. The molecule has 0 fully saturated rings. The molecule has 4 heteroatoms. The Kier molecular flexibility index (Phi) is 4.33. The minimum absolute atomic E-state index is 0.426. The summed E-state index contributed by atoms with van der Waals surface area (Å²) in [6, 6.07) is 28.6. The zero-order valence-electron chi connectivity index (χ0n) is 18.7. The number of nitrogens with zero attached hydrogens (tertiary/aromatic N) is 3. The first kappa shape index (κ1) is 19.7. The molecule has 33 heavy (non-hydrogen) atoms. The van der Waals surface area contributed by atoms with E-state index in [1.807, 2.05) is 12.1 Å². The molecule has 6 rings (SSSR count). The summed E-state index contributed by atoms with van der Waals surface area (Å²) in [5.41, 5.74) is 21.2. The average Bonchev–Trinajstić information content (AvgIpc) is 3.08. The van der Waals surface area contributed by atoms with Crippen molar-refractivity contribution in [3.05, 3.63) is 134 Å². The van der Waals surface area contributed by atoms with Gasteiger partial charge in [0.1, 0.15) is 11.0 Å². The van der Waals surface area contributed by atoms with E-state index in [9.17, 15) is 0 Å². The van der Waals surface area contributed by atoms with Gasteiger partial charge >= 0.3 is 0 Å². The van der Waals surface area contributed by atoms with Crippen molar-refractivity contribution in [1.82, 2.24) is 0 Å². The van der Waals surface area contributed by atoms with Crippen molar-refractivity contribution >= 4 is 0 Å². The minimum atomic E-state index is -0.426. The lowest BCUT2D eigenvalue weighted by molar-refractivity contribution is 0.333. The summed E-state index contributed by atoms with van der Waals surface area (Å²) in [5.74, 6) is 0.524. The largest absolute Gasteiger partial charge is 0.394 e. The van der Waals surface area contributed by atoms with Gasteiger partial charge in [-0.2, -0.15) is 0 Å². The molecule has 0 spiro atoms. The maximum Gasteiger partial charge on any atom is 0.136 e. The predicted octanol–water partition coefficient (Wildman–Crippen LogP) is 7.37. The highest BCUT2D eigenvalue weighted by Gasteiger charge is 2.46. The number of hydrogen-bond donors (Lipinski definition) is 0. The molecular formula is C29H23N3O. The molecule has 0 radical (unpaired) electrons. The summed E-state index contributed by atoms with van der Waals surface area (Å²) < 4.78 is 0. The van der Waals surface area contributed by atoms with Gasteiger partial charge in [-0.1, -0.05) is 77.9 Å².